The number of halogens is 1. The van der Waals surface area contributed by atoms with Gasteiger partial charge in [0.1, 0.15) is 5.75 Å². The van der Waals surface area contributed by atoms with E-state index in [0.29, 0.717) is 23.2 Å². The zero-order valence-electron chi connectivity index (χ0n) is 12.7. The fraction of sp³-hybridized carbons (Fsp3) is 0.562. The zero-order chi connectivity index (χ0) is 15.6. The maximum atomic E-state index is 12.5. The first-order valence-corrected chi connectivity index (χ1v) is 7.55. The van der Waals surface area contributed by atoms with E-state index in [1.807, 2.05) is 0 Å². The van der Waals surface area contributed by atoms with Gasteiger partial charge in [-0.25, -0.2) is 0 Å². The molecule has 0 aliphatic heterocycles. The molecule has 1 fully saturated rings. The largest absolute Gasteiger partial charge is 0.478 e. The van der Waals surface area contributed by atoms with E-state index in [0.717, 1.165) is 12.8 Å². The number of amides is 1. The van der Waals surface area contributed by atoms with Gasteiger partial charge in [0.2, 0.25) is 0 Å². The van der Waals surface area contributed by atoms with Crippen LogP contribution in [-0.4, -0.2) is 41.2 Å². The summed E-state index contributed by atoms with van der Waals surface area (Å²) in [7, 11) is 1.69. The van der Waals surface area contributed by atoms with Crippen molar-refractivity contribution in [3.05, 3.63) is 29.3 Å². The molecule has 21 heavy (non-hydrogen) atoms. The van der Waals surface area contributed by atoms with Crippen LogP contribution in [0.4, 0.5) is 0 Å². The molecule has 116 valence electrons. The Kier molecular flexibility index (Phi) is 4.79. The van der Waals surface area contributed by atoms with E-state index in [-0.39, 0.29) is 5.91 Å². The van der Waals surface area contributed by atoms with Gasteiger partial charge in [0.05, 0.1) is 6.10 Å². The summed E-state index contributed by atoms with van der Waals surface area (Å²) in [6.45, 7) is 3.78. The van der Waals surface area contributed by atoms with Crippen molar-refractivity contribution in [1.29, 1.82) is 0 Å². The number of aliphatic hydroxyl groups is 1. The molecule has 0 aromatic heterocycles. The van der Waals surface area contributed by atoms with Crippen LogP contribution >= 0.6 is 11.6 Å². The van der Waals surface area contributed by atoms with Gasteiger partial charge in [0.15, 0.2) is 5.60 Å². The molecule has 0 spiro atoms. The molecular formula is C16H22ClNO3. The van der Waals surface area contributed by atoms with E-state index in [9.17, 15) is 9.90 Å². The van der Waals surface area contributed by atoms with Gasteiger partial charge in [-0.3, -0.25) is 4.79 Å². The number of benzene rings is 1. The maximum absolute atomic E-state index is 12.5. The minimum absolute atomic E-state index is 0.165. The highest BCUT2D eigenvalue weighted by Crippen LogP contribution is 2.33. The lowest BCUT2D eigenvalue weighted by Gasteiger charge is -2.31. The van der Waals surface area contributed by atoms with E-state index in [1.165, 1.54) is 4.90 Å². The molecule has 1 atom stereocenters. The molecule has 0 heterocycles. The average Bonchev–Trinajstić information content (AvgIpc) is 3.21. The van der Waals surface area contributed by atoms with Gasteiger partial charge >= 0.3 is 0 Å². The number of likely N-dealkylation sites (N-methyl/N-ethyl adjacent to an activating group) is 1. The summed E-state index contributed by atoms with van der Waals surface area (Å²) in [4.78, 5) is 14.0. The summed E-state index contributed by atoms with van der Waals surface area (Å²) in [6.07, 6.45) is 1.65. The second-order valence-corrected chi connectivity index (χ2v) is 6.60. The molecule has 1 aromatic rings. The van der Waals surface area contributed by atoms with Crippen molar-refractivity contribution >= 4 is 17.5 Å². The molecule has 1 aliphatic rings. The van der Waals surface area contributed by atoms with Crippen molar-refractivity contribution < 1.29 is 14.6 Å². The molecule has 2 rings (SSSR count). The molecule has 0 bridgehead atoms. The fourth-order valence-electron chi connectivity index (χ4n) is 2.32. The summed E-state index contributed by atoms with van der Waals surface area (Å²) in [5.74, 6) is 0.733. The van der Waals surface area contributed by atoms with Crippen molar-refractivity contribution in [2.75, 3.05) is 13.6 Å². The first kappa shape index (κ1) is 16.1. The van der Waals surface area contributed by atoms with Crippen LogP contribution in [0.1, 0.15) is 26.7 Å². The third-order valence-electron chi connectivity index (χ3n) is 3.66. The van der Waals surface area contributed by atoms with Crippen molar-refractivity contribution in [2.24, 2.45) is 5.92 Å². The first-order chi connectivity index (χ1) is 9.79. The van der Waals surface area contributed by atoms with Crippen LogP contribution in [0, 0.1) is 5.92 Å². The monoisotopic (exact) mass is 311 g/mol. The van der Waals surface area contributed by atoms with E-state index >= 15 is 0 Å². The zero-order valence-corrected chi connectivity index (χ0v) is 13.4. The highest BCUT2D eigenvalue weighted by atomic mass is 35.5. The number of ether oxygens (including phenoxy) is 1. The summed E-state index contributed by atoms with van der Waals surface area (Å²) in [5.41, 5.74) is -1.01. The van der Waals surface area contributed by atoms with Crippen LogP contribution in [0.2, 0.25) is 5.02 Å². The predicted molar refractivity (Wildman–Crippen MR) is 82.5 cm³/mol. The third-order valence-corrected chi connectivity index (χ3v) is 3.89. The standard InChI is InChI=1S/C16H22ClNO3/c1-16(2,21-13-6-4-5-12(17)9-13)15(20)18(3)10-14(19)11-7-8-11/h4-6,9,11,14,19H,7-8,10H2,1-3H3. The Morgan fingerprint density at radius 1 is 1.52 bits per heavy atom. The van der Waals surface area contributed by atoms with Gasteiger partial charge < -0.3 is 14.7 Å². The molecule has 5 heteroatoms. The van der Waals surface area contributed by atoms with E-state index < -0.39 is 11.7 Å². The third kappa shape index (κ3) is 4.35. The number of aliphatic hydroxyl groups excluding tert-OH is 1. The fourth-order valence-corrected chi connectivity index (χ4v) is 2.50. The van der Waals surface area contributed by atoms with Crippen molar-refractivity contribution in [2.45, 2.75) is 38.4 Å². The lowest BCUT2D eigenvalue weighted by Crippen LogP contribution is -2.49. The number of carbonyl (C=O) groups excluding carboxylic acids is 1. The smallest absolute Gasteiger partial charge is 0.266 e. The molecule has 4 nitrogen and oxygen atoms in total. The first-order valence-electron chi connectivity index (χ1n) is 7.18. The summed E-state index contributed by atoms with van der Waals surface area (Å²) in [6, 6.07) is 6.97. The van der Waals surface area contributed by atoms with Crippen LogP contribution < -0.4 is 4.74 Å². The maximum Gasteiger partial charge on any atom is 0.266 e. The van der Waals surface area contributed by atoms with Gasteiger partial charge in [0, 0.05) is 18.6 Å². The Hall–Kier alpha value is -1.26. The highest BCUT2D eigenvalue weighted by molar-refractivity contribution is 6.30. The lowest BCUT2D eigenvalue weighted by atomic mass is 10.1. The Balaban J connectivity index is 1.98. The second-order valence-electron chi connectivity index (χ2n) is 6.16. The van der Waals surface area contributed by atoms with Crippen molar-refractivity contribution in [3.63, 3.8) is 0 Å². The number of carbonyl (C=O) groups is 1. The van der Waals surface area contributed by atoms with Crippen LogP contribution in [0.5, 0.6) is 5.75 Å². The topological polar surface area (TPSA) is 49.8 Å². The molecule has 1 N–H and O–H groups in total. The van der Waals surface area contributed by atoms with Gasteiger partial charge in [-0.15, -0.1) is 0 Å². The normalized spacial score (nSPS) is 16.4. The Bertz CT molecular complexity index is 514. The molecule has 1 aromatic carbocycles. The Morgan fingerprint density at radius 3 is 2.76 bits per heavy atom. The second kappa shape index (κ2) is 6.24. The van der Waals surface area contributed by atoms with Gasteiger partial charge in [-0.05, 0) is 50.8 Å². The van der Waals surface area contributed by atoms with Crippen LogP contribution in [0.25, 0.3) is 0 Å². The van der Waals surface area contributed by atoms with Crippen molar-refractivity contribution in [1.82, 2.24) is 4.90 Å². The molecule has 0 radical (unpaired) electrons. The number of hydrogen-bond acceptors (Lipinski definition) is 3. The predicted octanol–water partition coefficient (Wildman–Crippen LogP) is 2.73. The molecule has 0 saturated heterocycles. The van der Waals surface area contributed by atoms with Crippen LogP contribution in [0.15, 0.2) is 24.3 Å². The van der Waals surface area contributed by atoms with Crippen LogP contribution in [-0.2, 0) is 4.79 Å². The Labute approximate surface area is 130 Å². The summed E-state index contributed by atoms with van der Waals surface area (Å²) >= 11 is 5.92. The lowest BCUT2D eigenvalue weighted by molar-refractivity contribution is -0.145. The van der Waals surface area contributed by atoms with E-state index in [1.54, 1.807) is 45.2 Å². The van der Waals surface area contributed by atoms with E-state index in [2.05, 4.69) is 0 Å². The van der Waals surface area contributed by atoms with Crippen LogP contribution in [0.3, 0.4) is 0 Å². The van der Waals surface area contributed by atoms with E-state index in [4.69, 9.17) is 16.3 Å². The summed E-state index contributed by atoms with van der Waals surface area (Å²) in [5, 5.41) is 10.5. The highest BCUT2D eigenvalue weighted by Gasteiger charge is 2.36. The Morgan fingerprint density at radius 2 is 2.19 bits per heavy atom. The summed E-state index contributed by atoms with van der Waals surface area (Å²) < 4.78 is 5.77. The average molecular weight is 312 g/mol. The molecule has 1 unspecified atom stereocenters. The number of rotatable bonds is 6. The minimum atomic E-state index is -1.01. The molecule has 1 amide bonds. The number of hydrogen-bond donors (Lipinski definition) is 1. The SMILES string of the molecule is CN(CC(O)C1CC1)C(=O)C(C)(C)Oc1cccc(Cl)c1. The van der Waals surface area contributed by atoms with Gasteiger partial charge in [-0.2, -0.15) is 0 Å². The van der Waals surface area contributed by atoms with Crippen molar-refractivity contribution in [3.8, 4) is 5.75 Å². The van der Waals surface area contributed by atoms with Gasteiger partial charge in [-0.1, -0.05) is 17.7 Å². The minimum Gasteiger partial charge on any atom is -0.478 e. The molecular weight excluding hydrogens is 290 g/mol. The molecule has 1 aliphatic carbocycles. The quantitative estimate of drug-likeness (QED) is 0.879. The van der Waals surface area contributed by atoms with Gasteiger partial charge in [0.25, 0.3) is 5.91 Å². The number of nitrogens with zero attached hydrogens (tertiary/aromatic N) is 1. The molecule has 1 saturated carbocycles.